The quantitative estimate of drug-likeness (QED) is 0.884. The van der Waals surface area contributed by atoms with Gasteiger partial charge in [0.15, 0.2) is 0 Å². The van der Waals surface area contributed by atoms with Crippen molar-refractivity contribution >= 4 is 27.5 Å². The fourth-order valence-electron chi connectivity index (χ4n) is 1.48. The van der Waals surface area contributed by atoms with Crippen molar-refractivity contribution in [3.8, 4) is 0 Å². The van der Waals surface area contributed by atoms with Crippen LogP contribution in [0.15, 0.2) is 36.8 Å². The van der Waals surface area contributed by atoms with Gasteiger partial charge in [0.05, 0.1) is 6.33 Å². The largest absolute Gasteiger partial charge is 0.340 e. The first-order valence-electron chi connectivity index (χ1n) is 5.14. The van der Waals surface area contributed by atoms with Gasteiger partial charge in [-0.2, -0.15) is 0 Å². The summed E-state index contributed by atoms with van der Waals surface area (Å²) in [5.74, 6) is -0.195. The van der Waals surface area contributed by atoms with Crippen molar-refractivity contribution in [1.29, 1.82) is 0 Å². The second-order valence-electron chi connectivity index (χ2n) is 3.67. The summed E-state index contributed by atoms with van der Waals surface area (Å²) in [6.07, 6.45) is 3.29. The first-order valence-corrected chi connectivity index (χ1v) is 6.26. The topological polar surface area (TPSA) is 46.9 Å². The molecule has 0 radical (unpaired) electrons. The smallest absolute Gasteiger partial charge is 0.275 e. The number of anilines is 1. The van der Waals surface area contributed by atoms with Crippen LogP contribution < -0.4 is 5.32 Å². The zero-order valence-electron chi connectivity index (χ0n) is 9.35. The van der Waals surface area contributed by atoms with Gasteiger partial charge in [-0.1, -0.05) is 34.1 Å². The van der Waals surface area contributed by atoms with E-state index >= 15 is 0 Å². The van der Waals surface area contributed by atoms with Crippen LogP contribution in [-0.2, 0) is 12.4 Å². The highest BCUT2D eigenvalue weighted by Gasteiger charge is 2.10. The summed E-state index contributed by atoms with van der Waals surface area (Å²) in [5, 5.41) is 3.55. The second-order valence-corrected chi connectivity index (χ2v) is 4.23. The number of carbonyl (C=O) groups is 1. The van der Waals surface area contributed by atoms with Gasteiger partial charge in [-0.25, -0.2) is 4.98 Å². The second kappa shape index (κ2) is 5.14. The van der Waals surface area contributed by atoms with E-state index in [1.54, 1.807) is 17.1 Å². The van der Waals surface area contributed by atoms with Gasteiger partial charge in [-0.05, 0) is 11.6 Å². The Bertz CT molecular complexity index is 536. The van der Waals surface area contributed by atoms with Crippen LogP contribution in [0.5, 0.6) is 0 Å². The van der Waals surface area contributed by atoms with Crippen LogP contribution in [0.3, 0.4) is 0 Å². The maximum Gasteiger partial charge on any atom is 0.275 e. The number of hydrogen-bond acceptors (Lipinski definition) is 2. The molecule has 0 unspecified atom stereocenters. The van der Waals surface area contributed by atoms with Crippen LogP contribution in [0.4, 0.5) is 5.69 Å². The van der Waals surface area contributed by atoms with Crippen molar-refractivity contribution in [2.24, 2.45) is 7.05 Å². The van der Waals surface area contributed by atoms with Crippen LogP contribution in [0.2, 0.25) is 0 Å². The molecule has 0 saturated carbocycles. The van der Waals surface area contributed by atoms with Crippen molar-refractivity contribution in [3.63, 3.8) is 0 Å². The van der Waals surface area contributed by atoms with Crippen molar-refractivity contribution in [1.82, 2.24) is 9.55 Å². The normalized spacial score (nSPS) is 10.2. The maximum absolute atomic E-state index is 11.9. The zero-order chi connectivity index (χ0) is 12.3. The van der Waals surface area contributed by atoms with Gasteiger partial charge in [-0.15, -0.1) is 0 Å². The standard InChI is InChI=1S/C12H12BrN3O/c1-16-7-11(14-8-16)12(17)15-10-5-3-2-4-9(10)6-13/h2-5,7-8H,6H2,1H3,(H,15,17). The number of carbonyl (C=O) groups excluding carboxylic acids is 1. The van der Waals surface area contributed by atoms with Crippen LogP contribution in [0.25, 0.3) is 0 Å². The predicted octanol–water partition coefficient (Wildman–Crippen LogP) is 2.57. The molecule has 2 aromatic rings. The van der Waals surface area contributed by atoms with Gasteiger partial charge in [0.25, 0.3) is 5.91 Å². The molecule has 0 aliphatic carbocycles. The van der Waals surface area contributed by atoms with E-state index in [1.807, 2.05) is 31.3 Å². The van der Waals surface area contributed by atoms with E-state index < -0.39 is 0 Å². The number of benzene rings is 1. The van der Waals surface area contributed by atoms with Gasteiger partial charge < -0.3 is 9.88 Å². The molecule has 1 amide bonds. The third-order valence-electron chi connectivity index (χ3n) is 2.35. The molecule has 2 rings (SSSR count). The number of amides is 1. The van der Waals surface area contributed by atoms with Crippen LogP contribution in [-0.4, -0.2) is 15.5 Å². The molecule has 0 aliphatic heterocycles. The first-order chi connectivity index (χ1) is 8.20. The monoisotopic (exact) mass is 293 g/mol. The zero-order valence-corrected chi connectivity index (χ0v) is 10.9. The SMILES string of the molecule is Cn1cnc(C(=O)Nc2ccccc2CBr)c1. The average molecular weight is 294 g/mol. The molecule has 5 heteroatoms. The molecular weight excluding hydrogens is 282 g/mol. The Morgan fingerprint density at radius 3 is 2.88 bits per heavy atom. The summed E-state index contributed by atoms with van der Waals surface area (Å²) < 4.78 is 1.74. The van der Waals surface area contributed by atoms with Crippen molar-refractivity contribution in [2.75, 3.05) is 5.32 Å². The van der Waals surface area contributed by atoms with E-state index in [-0.39, 0.29) is 5.91 Å². The van der Waals surface area contributed by atoms with Gasteiger partial charge >= 0.3 is 0 Å². The van der Waals surface area contributed by atoms with Crippen LogP contribution >= 0.6 is 15.9 Å². The summed E-state index contributed by atoms with van der Waals surface area (Å²) >= 11 is 3.39. The van der Waals surface area contributed by atoms with Gasteiger partial charge in [0.2, 0.25) is 0 Å². The lowest BCUT2D eigenvalue weighted by Crippen LogP contribution is -2.13. The molecule has 0 fully saturated rings. The number of nitrogens with one attached hydrogen (secondary N) is 1. The minimum absolute atomic E-state index is 0.195. The van der Waals surface area contributed by atoms with E-state index in [4.69, 9.17) is 0 Å². The van der Waals surface area contributed by atoms with Gasteiger partial charge in [-0.3, -0.25) is 4.79 Å². The molecule has 0 spiro atoms. The molecule has 1 N–H and O–H groups in total. The van der Waals surface area contributed by atoms with Gasteiger partial charge in [0, 0.05) is 24.3 Å². The summed E-state index contributed by atoms with van der Waals surface area (Å²) in [7, 11) is 1.83. The molecule has 1 heterocycles. The Balaban J connectivity index is 2.18. The molecule has 0 bridgehead atoms. The molecular formula is C12H12BrN3O. The average Bonchev–Trinajstić information content (AvgIpc) is 2.77. The minimum Gasteiger partial charge on any atom is -0.340 e. The Morgan fingerprint density at radius 2 is 2.24 bits per heavy atom. The lowest BCUT2D eigenvalue weighted by Gasteiger charge is -2.07. The number of nitrogens with zero attached hydrogens (tertiary/aromatic N) is 2. The highest BCUT2D eigenvalue weighted by Crippen LogP contribution is 2.18. The lowest BCUT2D eigenvalue weighted by molar-refractivity contribution is 0.102. The van der Waals surface area contributed by atoms with E-state index in [9.17, 15) is 4.79 Å². The fourth-order valence-corrected chi connectivity index (χ4v) is 1.96. The first kappa shape index (κ1) is 11.9. The molecule has 88 valence electrons. The highest BCUT2D eigenvalue weighted by molar-refractivity contribution is 9.08. The van der Waals surface area contributed by atoms with Crippen molar-refractivity contribution in [3.05, 3.63) is 48.0 Å². The summed E-state index contributed by atoms with van der Waals surface area (Å²) in [6, 6.07) is 7.66. The van der Waals surface area contributed by atoms with Crippen molar-refractivity contribution < 1.29 is 4.79 Å². The summed E-state index contributed by atoms with van der Waals surface area (Å²) in [6.45, 7) is 0. The van der Waals surface area contributed by atoms with E-state index in [0.717, 1.165) is 11.3 Å². The van der Waals surface area contributed by atoms with E-state index in [1.165, 1.54) is 0 Å². The predicted molar refractivity (Wildman–Crippen MR) is 70.2 cm³/mol. The number of alkyl halides is 1. The maximum atomic E-state index is 11.9. The van der Waals surface area contributed by atoms with Crippen LogP contribution in [0.1, 0.15) is 16.1 Å². The number of imidazole rings is 1. The number of halogens is 1. The third kappa shape index (κ3) is 2.74. The number of aryl methyl sites for hydroxylation is 1. The van der Waals surface area contributed by atoms with Gasteiger partial charge in [0.1, 0.15) is 5.69 Å². The Morgan fingerprint density at radius 1 is 1.47 bits per heavy atom. The molecule has 4 nitrogen and oxygen atoms in total. The minimum atomic E-state index is -0.195. The number of aromatic nitrogens is 2. The lowest BCUT2D eigenvalue weighted by atomic mass is 10.2. The van der Waals surface area contributed by atoms with Crippen molar-refractivity contribution in [2.45, 2.75) is 5.33 Å². The molecule has 0 saturated heterocycles. The number of rotatable bonds is 3. The molecule has 0 atom stereocenters. The number of hydrogen-bond donors (Lipinski definition) is 1. The highest BCUT2D eigenvalue weighted by atomic mass is 79.9. The summed E-state index contributed by atoms with van der Waals surface area (Å²) in [5.41, 5.74) is 2.26. The fraction of sp³-hybridized carbons (Fsp3) is 0.167. The van der Waals surface area contributed by atoms with E-state index in [2.05, 4.69) is 26.2 Å². The molecule has 1 aromatic heterocycles. The van der Waals surface area contributed by atoms with Crippen LogP contribution in [0, 0.1) is 0 Å². The summed E-state index contributed by atoms with van der Waals surface area (Å²) in [4.78, 5) is 15.9. The third-order valence-corrected chi connectivity index (χ3v) is 2.95. The number of para-hydroxylation sites is 1. The Kier molecular flexibility index (Phi) is 3.58. The molecule has 0 aliphatic rings. The molecule has 17 heavy (non-hydrogen) atoms. The Labute approximate surface area is 108 Å². The van der Waals surface area contributed by atoms with E-state index in [0.29, 0.717) is 11.0 Å². The Hall–Kier alpha value is -1.62. The molecule has 1 aromatic carbocycles.